The van der Waals surface area contributed by atoms with Gasteiger partial charge in [0.2, 0.25) is 5.94 Å². The number of carbonyl (C=O) groups excluding carboxylic acids is 2. The molecule has 1 rings (SSSR count). The molecule has 2 atom stereocenters. The number of alkyl halides is 3. The minimum Gasteiger partial charge on any atom is -0.614 e. The highest BCUT2D eigenvalue weighted by atomic mass is 32.2. The van der Waals surface area contributed by atoms with E-state index < -0.39 is 58.0 Å². The number of amides is 2. The minimum absolute atomic E-state index is 0.456. The Morgan fingerprint density at radius 1 is 1.41 bits per heavy atom. The summed E-state index contributed by atoms with van der Waals surface area (Å²) in [4.78, 5) is 29.2. The predicted octanol–water partition coefficient (Wildman–Crippen LogP) is 1.66. The molecule has 0 fully saturated rings. The van der Waals surface area contributed by atoms with E-state index in [0.717, 1.165) is 12.1 Å². The molecule has 1 aromatic carbocycles. The third-order valence-corrected chi connectivity index (χ3v) is 3.52. The van der Waals surface area contributed by atoms with Crippen molar-refractivity contribution in [2.24, 2.45) is 4.99 Å². The van der Waals surface area contributed by atoms with E-state index in [1.54, 1.807) is 14.1 Å². The first-order valence-electron chi connectivity index (χ1n) is 7.61. The molecule has 1 aromatic rings. The Morgan fingerprint density at radius 2 is 2.04 bits per heavy atom. The Bertz CT molecular complexity index is 709. The molecule has 11 heteroatoms. The van der Waals surface area contributed by atoms with Gasteiger partial charge in [0.05, 0.1) is 18.2 Å². The van der Waals surface area contributed by atoms with E-state index in [9.17, 15) is 27.3 Å². The van der Waals surface area contributed by atoms with Crippen LogP contribution in [0.3, 0.4) is 0 Å². The lowest BCUT2D eigenvalue weighted by atomic mass is 10.0. The summed E-state index contributed by atoms with van der Waals surface area (Å²) >= 11 is -1.49. The van der Waals surface area contributed by atoms with Crippen LogP contribution in [0.25, 0.3) is 0 Å². The molecule has 2 unspecified atom stereocenters. The van der Waals surface area contributed by atoms with Crippen LogP contribution in [0.5, 0.6) is 5.75 Å². The number of ether oxygens (including phenoxy) is 1. The molecule has 2 amide bonds. The lowest BCUT2D eigenvalue weighted by molar-refractivity contribution is -0.139. The molecule has 0 heterocycles. The predicted molar refractivity (Wildman–Crippen MR) is 95.1 cm³/mol. The van der Waals surface area contributed by atoms with Gasteiger partial charge in [-0.25, -0.2) is 4.99 Å². The van der Waals surface area contributed by atoms with Crippen LogP contribution in [0.4, 0.5) is 13.2 Å². The van der Waals surface area contributed by atoms with Gasteiger partial charge >= 0.3 is 6.18 Å². The zero-order valence-electron chi connectivity index (χ0n) is 15.2. The van der Waals surface area contributed by atoms with E-state index in [4.69, 9.17) is 4.74 Å². The standard InChI is InChI=1S/C16H20F3N3O4S/c1-10(14(23)20-8-22(2)3)21-15(24)11-6-5-7-12(26-9-27(4)25)13(11)16(17,18)19/h5-8,10H,9H2,1-4H3,(H,21,24)/b20-8+. The highest BCUT2D eigenvalue weighted by Crippen LogP contribution is 2.39. The molecule has 7 nitrogen and oxygen atoms in total. The van der Waals surface area contributed by atoms with E-state index in [-0.39, 0.29) is 0 Å². The van der Waals surface area contributed by atoms with Crippen LogP contribution in [-0.2, 0) is 22.1 Å². The van der Waals surface area contributed by atoms with Gasteiger partial charge in [-0.2, -0.15) is 13.2 Å². The van der Waals surface area contributed by atoms with Gasteiger partial charge in [0.15, 0.2) is 0 Å². The van der Waals surface area contributed by atoms with Crippen LogP contribution in [0.15, 0.2) is 23.2 Å². The summed E-state index contributed by atoms with van der Waals surface area (Å²) in [7, 11) is 3.26. The second-order valence-electron chi connectivity index (χ2n) is 5.75. The fourth-order valence-corrected chi connectivity index (χ4v) is 2.19. The van der Waals surface area contributed by atoms with Gasteiger partial charge in [-0.1, -0.05) is 6.07 Å². The van der Waals surface area contributed by atoms with E-state index in [1.165, 1.54) is 30.5 Å². The monoisotopic (exact) mass is 407 g/mol. The normalized spacial score (nSPS) is 13.9. The van der Waals surface area contributed by atoms with Crippen molar-refractivity contribution in [3.63, 3.8) is 0 Å². The molecule has 150 valence electrons. The zero-order valence-corrected chi connectivity index (χ0v) is 16.0. The molecular weight excluding hydrogens is 387 g/mol. The molecule has 0 aliphatic rings. The summed E-state index contributed by atoms with van der Waals surface area (Å²) in [6.07, 6.45) is -2.41. The van der Waals surface area contributed by atoms with Crippen LogP contribution in [0, 0.1) is 0 Å². The number of rotatable bonds is 7. The quantitative estimate of drug-likeness (QED) is 0.421. The number of hydrogen-bond acceptors (Lipinski definition) is 4. The Morgan fingerprint density at radius 3 is 2.56 bits per heavy atom. The van der Waals surface area contributed by atoms with Gasteiger partial charge < -0.3 is 19.5 Å². The number of benzene rings is 1. The van der Waals surface area contributed by atoms with E-state index in [0.29, 0.717) is 0 Å². The fraction of sp³-hybridized carbons (Fsp3) is 0.438. The summed E-state index contributed by atoms with van der Waals surface area (Å²) < 4.78 is 56.4. The number of hydrogen-bond donors (Lipinski definition) is 1. The summed E-state index contributed by atoms with van der Waals surface area (Å²) in [6.45, 7) is 1.31. The Balaban J connectivity index is 3.12. The third kappa shape index (κ3) is 7.10. The Hall–Kier alpha value is -2.27. The maximum atomic E-state index is 13.5. The van der Waals surface area contributed by atoms with Gasteiger partial charge in [-0.3, -0.25) is 9.59 Å². The van der Waals surface area contributed by atoms with Crippen LogP contribution in [-0.4, -0.2) is 59.9 Å². The molecule has 1 N–H and O–H groups in total. The molecule has 0 spiro atoms. The zero-order chi connectivity index (χ0) is 20.8. The van der Waals surface area contributed by atoms with Crippen molar-refractivity contribution in [1.82, 2.24) is 10.2 Å². The van der Waals surface area contributed by atoms with Crippen LogP contribution in [0.1, 0.15) is 22.8 Å². The summed E-state index contributed by atoms with van der Waals surface area (Å²) in [5.41, 5.74) is -2.01. The van der Waals surface area contributed by atoms with Gasteiger partial charge in [0.1, 0.15) is 17.4 Å². The second-order valence-corrected chi connectivity index (χ2v) is 7.14. The Labute approximate surface area is 157 Å². The maximum Gasteiger partial charge on any atom is 0.420 e. The molecular formula is C16H20F3N3O4S. The summed E-state index contributed by atoms with van der Waals surface area (Å²) in [6, 6.07) is 2.06. The number of aliphatic imine (C=N–C) groups is 1. The second kappa shape index (κ2) is 9.60. The topological polar surface area (TPSA) is 94.1 Å². The van der Waals surface area contributed by atoms with Crippen molar-refractivity contribution >= 4 is 29.3 Å². The van der Waals surface area contributed by atoms with Crippen molar-refractivity contribution in [3.8, 4) is 5.75 Å². The van der Waals surface area contributed by atoms with Gasteiger partial charge in [0, 0.05) is 14.1 Å². The summed E-state index contributed by atoms with van der Waals surface area (Å²) in [5.74, 6) is -2.90. The van der Waals surface area contributed by atoms with Crippen LogP contribution < -0.4 is 10.1 Å². The number of nitrogens with zero attached hydrogens (tertiary/aromatic N) is 2. The van der Waals surface area contributed by atoms with Gasteiger partial charge in [-0.05, 0) is 30.2 Å². The lowest BCUT2D eigenvalue weighted by Gasteiger charge is -2.18. The lowest BCUT2D eigenvalue weighted by Crippen LogP contribution is -2.39. The van der Waals surface area contributed by atoms with Crippen molar-refractivity contribution < 1.29 is 32.0 Å². The first-order chi connectivity index (χ1) is 12.4. The largest absolute Gasteiger partial charge is 0.614 e. The highest BCUT2D eigenvalue weighted by molar-refractivity contribution is 7.90. The maximum absolute atomic E-state index is 13.5. The molecule has 0 bridgehead atoms. The van der Waals surface area contributed by atoms with Crippen molar-refractivity contribution in [3.05, 3.63) is 29.3 Å². The Kier molecular flexibility index (Phi) is 8.10. The van der Waals surface area contributed by atoms with Crippen molar-refractivity contribution in [2.75, 3.05) is 26.3 Å². The van der Waals surface area contributed by atoms with Crippen LogP contribution in [0.2, 0.25) is 0 Å². The van der Waals surface area contributed by atoms with Crippen LogP contribution >= 0.6 is 0 Å². The van der Waals surface area contributed by atoms with Gasteiger partial charge in [-0.15, -0.1) is 0 Å². The molecule has 0 radical (unpaired) electrons. The number of nitrogens with one attached hydrogen (secondary N) is 1. The van der Waals surface area contributed by atoms with E-state index in [2.05, 4.69) is 10.3 Å². The van der Waals surface area contributed by atoms with Crippen molar-refractivity contribution in [1.29, 1.82) is 0 Å². The third-order valence-electron chi connectivity index (χ3n) is 3.07. The first kappa shape index (κ1) is 22.8. The average molecular weight is 407 g/mol. The molecule has 0 aliphatic carbocycles. The summed E-state index contributed by atoms with van der Waals surface area (Å²) in [5, 5.41) is 2.19. The fourth-order valence-electron chi connectivity index (χ4n) is 1.90. The smallest absolute Gasteiger partial charge is 0.420 e. The average Bonchev–Trinajstić information content (AvgIpc) is 2.56. The molecule has 0 saturated carbocycles. The molecule has 0 saturated heterocycles. The highest BCUT2D eigenvalue weighted by Gasteiger charge is 2.39. The first-order valence-corrected chi connectivity index (χ1v) is 9.34. The number of halogens is 3. The van der Waals surface area contributed by atoms with E-state index in [1.807, 2.05) is 0 Å². The van der Waals surface area contributed by atoms with Crippen molar-refractivity contribution in [2.45, 2.75) is 19.1 Å². The molecule has 0 aliphatic heterocycles. The molecule has 27 heavy (non-hydrogen) atoms. The van der Waals surface area contributed by atoms with Gasteiger partial charge in [0.25, 0.3) is 11.8 Å². The SMILES string of the molecule is CC(NC(=O)c1cccc(OC[S+](C)[O-])c1C(F)(F)F)C(=O)/N=C/N(C)C. The number of carbonyl (C=O) groups is 2. The molecule has 0 aromatic heterocycles. The minimum atomic E-state index is -4.89. The van der Waals surface area contributed by atoms with E-state index >= 15 is 0 Å².